The smallest absolute Gasteiger partial charge is 0.870 e. The number of carboxylic acid groups (broad SMARTS) is 1. The number of nitro groups is 5. The molecule has 35 nitrogen and oxygen atoms in total. The van der Waals surface area contributed by atoms with Crippen LogP contribution < -0.4 is 51.3 Å². The van der Waals surface area contributed by atoms with Crippen molar-refractivity contribution in [2.45, 2.75) is 39.2 Å². The number of rotatable bonds is 26. The van der Waals surface area contributed by atoms with Crippen molar-refractivity contribution in [3.8, 4) is 5.75 Å². The molecular formula is C62H71Cl6N9NaO26P. The van der Waals surface area contributed by atoms with Gasteiger partial charge in [0.2, 0.25) is 5.69 Å². The van der Waals surface area contributed by atoms with E-state index in [-0.39, 0.29) is 124 Å². The molecule has 10 N–H and O–H groups in total. The van der Waals surface area contributed by atoms with E-state index in [9.17, 15) is 69.5 Å². The van der Waals surface area contributed by atoms with Gasteiger partial charge in [-0.05, 0) is 104 Å². The molecule has 568 valence electrons. The molecule has 0 aromatic heterocycles. The Hall–Kier alpha value is -8.55. The Bertz CT molecular complexity index is 4020. The summed E-state index contributed by atoms with van der Waals surface area (Å²) in [5.74, 6) is -1.95. The summed E-state index contributed by atoms with van der Waals surface area (Å²) in [6, 6.07) is 33.3. The molecule has 0 saturated heterocycles. The van der Waals surface area contributed by atoms with Gasteiger partial charge in [-0.2, -0.15) is 0 Å². The number of nitrogens with zero attached hydrogens (tertiary/aromatic N) is 6. The fourth-order valence-electron chi connectivity index (χ4n) is 6.94. The first kappa shape index (κ1) is 101. The van der Waals surface area contributed by atoms with Gasteiger partial charge in [0, 0.05) is 109 Å². The van der Waals surface area contributed by atoms with Gasteiger partial charge >= 0.3 is 55.1 Å². The molecule has 0 aliphatic heterocycles. The van der Waals surface area contributed by atoms with Gasteiger partial charge in [0.1, 0.15) is 19.3 Å². The van der Waals surface area contributed by atoms with Crippen molar-refractivity contribution in [3.05, 3.63) is 254 Å². The number of aromatic carboxylic acids is 1. The zero-order valence-corrected chi connectivity index (χ0v) is 63.8. The number of non-ortho nitro benzene ring substituents is 5. The molecule has 0 radical (unpaired) electrons. The summed E-state index contributed by atoms with van der Waals surface area (Å²) in [6.45, 7) is 11.6. The van der Waals surface area contributed by atoms with Gasteiger partial charge in [-0.25, -0.2) is 19.0 Å². The number of hydrogen-bond acceptors (Lipinski definition) is 28. The first-order valence-electron chi connectivity index (χ1n) is 28.6. The molecule has 0 heterocycles. The Morgan fingerprint density at radius 1 is 0.600 bits per heavy atom. The minimum atomic E-state index is -3.50. The van der Waals surface area contributed by atoms with Crippen LogP contribution in [0.2, 0.25) is 30.1 Å². The summed E-state index contributed by atoms with van der Waals surface area (Å²) in [5.41, 5.74) is 18.7. The van der Waals surface area contributed by atoms with Crippen molar-refractivity contribution >= 4 is 141 Å². The number of carbonyl (C=O) groups excluding carboxylic acids is 2. The van der Waals surface area contributed by atoms with E-state index in [2.05, 4.69) is 9.58 Å². The van der Waals surface area contributed by atoms with E-state index in [0.29, 0.717) is 58.4 Å². The Morgan fingerprint density at radius 2 is 1.01 bits per heavy atom. The van der Waals surface area contributed by atoms with E-state index in [0.717, 1.165) is 40.9 Å². The molecule has 0 bridgehead atoms. The number of ether oxygens (including phenoxy) is 6. The van der Waals surface area contributed by atoms with Crippen molar-refractivity contribution in [2.75, 3.05) is 78.9 Å². The monoisotopic (exact) mass is 1620 g/mol. The first-order chi connectivity index (χ1) is 48.7. The van der Waals surface area contributed by atoms with Crippen molar-refractivity contribution in [1.29, 1.82) is 0 Å². The fraction of sp³-hybridized carbons (Fsp3) is 0.258. The zero-order chi connectivity index (χ0) is 78.4. The van der Waals surface area contributed by atoms with Crippen LogP contribution in [0, 0.1) is 57.1 Å². The Labute approximate surface area is 652 Å². The van der Waals surface area contributed by atoms with Crippen LogP contribution in [-0.2, 0) is 66.4 Å². The number of esters is 2. The minimum Gasteiger partial charge on any atom is -0.870 e. The Morgan fingerprint density at radius 3 is 1.44 bits per heavy atom. The first-order valence-corrected chi connectivity index (χ1v) is 32.6. The second-order valence-electron chi connectivity index (χ2n) is 19.0. The van der Waals surface area contributed by atoms with Gasteiger partial charge in [-0.3, -0.25) is 70.4 Å². The average Bonchev–Trinajstić information content (AvgIpc) is 0.860. The van der Waals surface area contributed by atoms with Gasteiger partial charge < -0.3 is 60.7 Å². The number of carboxylic acids is 1. The molecule has 2 unspecified atom stereocenters. The van der Waals surface area contributed by atoms with Gasteiger partial charge in [-0.1, -0.05) is 87.8 Å². The maximum Gasteiger partial charge on any atom is 1.00 e. The SMILES string of the molecule is CCOC(=O)C(C)OP(=O)(CCN)Oc1ccccc1.COC(=O)Cc1cc([N+](=O)[O-])ccc1Cl.COCOCCc1cc(N)ccc1Cl.COCOCCc1cc([N+](=O)[O-])ccc1Cl.Nc1cc([N+](=O)[O-])ccc1Cl.O=C(O)c1cc([N+](=O)[O-])ccc1Cl.OO.[C-]#[N+]c1cc([N+](=O)[O-])ccc1Cl.[HH].[Na+].[OH-]. The topological polar surface area (TPSA) is 531 Å². The minimum absolute atomic E-state index is 0. The number of benzene rings is 7. The van der Waals surface area contributed by atoms with E-state index in [1.54, 1.807) is 50.4 Å². The maximum absolute atomic E-state index is 12.6. The van der Waals surface area contributed by atoms with Crippen LogP contribution in [0.25, 0.3) is 4.85 Å². The van der Waals surface area contributed by atoms with Crippen molar-refractivity contribution < 1.29 is 133 Å². The summed E-state index contributed by atoms with van der Waals surface area (Å²) < 4.78 is 52.2. The largest absolute Gasteiger partial charge is 1.00 e. The summed E-state index contributed by atoms with van der Waals surface area (Å²) in [6.07, 6.45) is 0.232. The van der Waals surface area contributed by atoms with Crippen LogP contribution in [0.3, 0.4) is 0 Å². The summed E-state index contributed by atoms with van der Waals surface area (Å²) in [7, 11) is 0.862. The summed E-state index contributed by atoms with van der Waals surface area (Å²) in [5, 5.41) is 74.3. The number of para-hydroxylation sites is 1. The van der Waals surface area contributed by atoms with Crippen LogP contribution in [0.5, 0.6) is 5.75 Å². The van der Waals surface area contributed by atoms with Gasteiger partial charge in [-0.15, -0.1) is 0 Å². The van der Waals surface area contributed by atoms with Gasteiger partial charge in [0.05, 0.1) is 92.0 Å². The average molecular weight is 1620 g/mol. The van der Waals surface area contributed by atoms with Gasteiger partial charge in [0.25, 0.3) is 28.4 Å². The number of methoxy groups -OCH3 is 3. The summed E-state index contributed by atoms with van der Waals surface area (Å²) in [4.78, 5) is 84.9. The molecule has 0 fully saturated rings. The number of nitro benzene ring substituents is 5. The molecule has 2 atom stereocenters. The van der Waals surface area contributed by atoms with Gasteiger partial charge in [0.15, 0.2) is 6.10 Å². The van der Waals surface area contributed by atoms with E-state index >= 15 is 0 Å². The van der Waals surface area contributed by atoms with E-state index in [1.165, 1.54) is 93.9 Å². The molecule has 7 rings (SSSR count). The standard InChI is InChI=1S/C13H20NO5P.C10H12ClNO4.C10H14ClNO2.C9H8ClNO4.C7H3ClN2O2.C7H4ClNO4.C6H5ClN2O2.Na.H2O2.H2O.H2/c1-3-17-13(15)11(2)18-20(16,10-9-14)19-12-7-5-4-6-8-12;1-15-7-16-5-4-8-6-9(12(13)14)2-3-10(8)11;1-13-7-14-5-4-8-6-9(12)2-3-10(8)11;1-15-9(12)5-6-4-7(11(13)14)2-3-8(6)10;1-9-7-4-5(10(11)12)2-3-6(7)8;8-6-2-1-4(9(12)13)3-5(6)7(10)11;7-5-2-1-4(9(10)11)3-6(5)8;;1-2;;/h4-8,11H,3,9-10,14H2,1-2H3;2-3,6H,4-5,7H2,1H3;2-3,6H,4-5,7,12H2,1H3;2-4H,5H2,1H3;2-4H;1-3H,(H,10,11);1-3H,8H2;;1-2H;1H2;1H/q;;;;;;;+1;;;/p-1. The second-order valence-corrected chi connectivity index (χ2v) is 23.5. The maximum atomic E-state index is 12.6. The molecule has 7 aromatic rings. The van der Waals surface area contributed by atoms with Crippen LogP contribution in [0.15, 0.2) is 140 Å². The predicted molar refractivity (Wildman–Crippen MR) is 388 cm³/mol. The van der Waals surface area contributed by atoms with Crippen molar-refractivity contribution in [2.24, 2.45) is 5.73 Å². The number of nitrogens with two attached hydrogens (primary N) is 3. The molecule has 0 saturated carbocycles. The number of hydrogen-bond donors (Lipinski definition) is 6. The molecule has 0 spiro atoms. The van der Waals surface area contributed by atoms with Crippen molar-refractivity contribution in [3.63, 3.8) is 0 Å². The van der Waals surface area contributed by atoms with E-state index < -0.39 is 56.2 Å². The Balaban J connectivity index is -0.000000571. The fourth-order valence-corrected chi connectivity index (χ4v) is 9.59. The molecular weight excluding hydrogens is 1550 g/mol. The van der Waals surface area contributed by atoms with Crippen molar-refractivity contribution in [1.82, 2.24) is 0 Å². The quantitative estimate of drug-likeness (QED) is 0.00280. The van der Waals surface area contributed by atoms with Crippen LogP contribution in [0.1, 0.15) is 42.3 Å². The molecule has 7 aromatic carbocycles. The molecule has 0 aliphatic carbocycles. The third-order valence-electron chi connectivity index (χ3n) is 11.7. The molecule has 43 heteroatoms. The zero-order valence-electron chi connectivity index (χ0n) is 56.3. The Kier molecular flexibility index (Phi) is 53.5. The predicted octanol–water partition coefficient (Wildman–Crippen LogP) is 12.3. The molecule has 0 aliphatic rings. The number of anilines is 2. The normalized spacial score (nSPS) is 10.5. The molecule has 105 heavy (non-hydrogen) atoms. The van der Waals surface area contributed by atoms with E-state index in [1.807, 2.05) is 12.1 Å². The van der Waals surface area contributed by atoms with E-state index in [4.69, 9.17) is 142 Å². The number of halogens is 6. The van der Waals surface area contributed by atoms with Crippen LogP contribution >= 0.6 is 77.2 Å². The van der Waals surface area contributed by atoms with Crippen LogP contribution in [0.4, 0.5) is 45.5 Å². The van der Waals surface area contributed by atoms with Crippen LogP contribution in [-0.4, -0.2) is 137 Å². The third kappa shape index (κ3) is 41.1. The molecule has 0 amide bonds. The second kappa shape index (κ2) is 55.9. The third-order valence-corrected chi connectivity index (χ3v) is 15.7. The summed E-state index contributed by atoms with van der Waals surface area (Å²) >= 11 is 34.2. The number of nitrogen functional groups attached to an aromatic ring is 2. The number of carbonyl (C=O) groups is 3.